The van der Waals surface area contributed by atoms with Gasteiger partial charge in [0.25, 0.3) is 0 Å². The fourth-order valence-corrected chi connectivity index (χ4v) is 3.90. The molecule has 0 unspecified atom stereocenters. The normalized spacial score (nSPS) is 14.9. The van der Waals surface area contributed by atoms with Crippen molar-refractivity contribution in [3.63, 3.8) is 0 Å². The monoisotopic (exact) mass is 376 g/mol. The first-order valence-corrected chi connectivity index (χ1v) is 9.72. The lowest BCUT2D eigenvalue weighted by Gasteiger charge is -2.33. The second-order valence-corrected chi connectivity index (χ2v) is 7.24. The molecule has 1 amide bonds. The van der Waals surface area contributed by atoms with E-state index < -0.39 is 6.09 Å². The molecule has 0 bridgehead atoms. The molecule has 3 aromatic rings. The number of nitrogens with one attached hydrogen (secondary N) is 1. The number of rotatable bonds is 5. The van der Waals surface area contributed by atoms with Crippen LogP contribution < -0.4 is 10.2 Å². The summed E-state index contributed by atoms with van der Waals surface area (Å²) in [5, 5.41) is 13.4. The third-order valence-corrected chi connectivity index (χ3v) is 5.45. The van der Waals surface area contributed by atoms with E-state index in [0.717, 1.165) is 60.2 Å². The highest BCUT2D eigenvalue weighted by atomic mass is 16.4. The van der Waals surface area contributed by atoms with Crippen molar-refractivity contribution in [1.29, 1.82) is 0 Å². The molecule has 1 fully saturated rings. The standard InChI is InChI=1S/C22H24N4O2/c27-22(28)24-11-8-16-9-12-26(13-10-16)21-7-3-6-20(25-21)19-15-23-14-17-4-1-2-5-18(17)19/h1-7,14-16,24H,8-13H2,(H,27,28). The molecule has 1 saturated heterocycles. The van der Waals surface area contributed by atoms with E-state index in [1.807, 2.05) is 30.6 Å². The summed E-state index contributed by atoms with van der Waals surface area (Å²) in [6.07, 6.45) is 5.84. The Labute approximate surface area is 164 Å². The average Bonchev–Trinajstić information content (AvgIpc) is 2.74. The quantitative estimate of drug-likeness (QED) is 0.699. The zero-order chi connectivity index (χ0) is 19.3. The fourth-order valence-electron chi connectivity index (χ4n) is 3.90. The first-order valence-electron chi connectivity index (χ1n) is 9.72. The van der Waals surface area contributed by atoms with E-state index in [1.165, 1.54) is 0 Å². The summed E-state index contributed by atoms with van der Waals surface area (Å²) in [5.41, 5.74) is 1.99. The maximum Gasteiger partial charge on any atom is 0.404 e. The lowest BCUT2D eigenvalue weighted by Crippen LogP contribution is -2.35. The molecule has 6 heteroatoms. The van der Waals surface area contributed by atoms with Crippen LogP contribution in [-0.2, 0) is 0 Å². The summed E-state index contributed by atoms with van der Waals surface area (Å²) in [6, 6.07) is 14.4. The number of aromatic nitrogens is 2. The molecule has 0 spiro atoms. The van der Waals surface area contributed by atoms with Crippen LogP contribution in [0.2, 0.25) is 0 Å². The minimum absolute atomic E-state index is 0.530. The Morgan fingerprint density at radius 1 is 1.11 bits per heavy atom. The minimum Gasteiger partial charge on any atom is -0.465 e. The van der Waals surface area contributed by atoms with Crippen molar-refractivity contribution in [1.82, 2.24) is 15.3 Å². The van der Waals surface area contributed by atoms with Crippen molar-refractivity contribution in [2.24, 2.45) is 5.92 Å². The number of hydrogen-bond donors (Lipinski definition) is 2. The molecule has 0 atom stereocenters. The highest BCUT2D eigenvalue weighted by Gasteiger charge is 2.20. The highest BCUT2D eigenvalue weighted by molar-refractivity contribution is 5.94. The van der Waals surface area contributed by atoms with Gasteiger partial charge in [0, 0.05) is 43.0 Å². The van der Waals surface area contributed by atoms with Crippen LogP contribution in [0, 0.1) is 5.92 Å². The summed E-state index contributed by atoms with van der Waals surface area (Å²) >= 11 is 0. The molecule has 4 rings (SSSR count). The number of amides is 1. The number of carboxylic acid groups (broad SMARTS) is 1. The molecular weight excluding hydrogens is 352 g/mol. The van der Waals surface area contributed by atoms with E-state index in [0.29, 0.717) is 12.5 Å². The van der Waals surface area contributed by atoms with Crippen molar-refractivity contribution < 1.29 is 9.90 Å². The predicted octanol–water partition coefficient (Wildman–Crippen LogP) is 4.17. The van der Waals surface area contributed by atoms with Crippen molar-refractivity contribution in [2.75, 3.05) is 24.5 Å². The molecule has 0 saturated carbocycles. The van der Waals surface area contributed by atoms with Gasteiger partial charge >= 0.3 is 6.09 Å². The molecule has 1 aliphatic heterocycles. The molecule has 0 radical (unpaired) electrons. The molecule has 28 heavy (non-hydrogen) atoms. The van der Waals surface area contributed by atoms with Crippen LogP contribution in [0.15, 0.2) is 54.9 Å². The van der Waals surface area contributed by atoms with E-state index in [1.54, 1.807) is 0 Å². The number of anilines is 1. The summed E-state index contributed by atoms with van der Waals surface area (Å²) in [7, 11) is 0. The summed E-state index contributed by atoms with van der Waals surface area (Å²) in [4.78, 5) is 22.2. The van der Waals surface area contributed by atoms with Crippen molar-refractivity contribution in [3.05, 3.63) is 54.9 Å². The largest absolute Gasteiger partial charge is 0.465 e. The van der Waals surface area contributed by atoms with Crippen molar-refractivity contribution in [3.8, 4) is 11.3 Å². The van der Waals surface area contributed by atoms with E-state index in [9.17, 15) is 4.79 Å². The number of carbonyl (C=O) groups is 1. The number of fused-ring (bicyclic) bond motifs is 1. The molecule has 1 aromatic carbocycles. The smallest absolute Gasteiger partial charge is 0.404 e. The number of hydrogen-bond acceptors (Lipinski definition) is 4. The van der Waals surface area contributed by atoms with Gasteiger partial charge in [-0.1, -0.05) is 30.3 Å². The number of benzene rings is 1. The van der Waals surface area contributed by atoms with Crippen molar-refractivity contribution >= 4 is 22.7 Å². The third kappa shape index (κ3) is 4.06. The zero-order valence-corrected chi connectivity index (χ0v) is 15.7. The van der Waals surface area contributed by atoms with Gasteiger partial charge in [0.15, 0.2) is 0 Å². The Morgan fingerprint density at radius 3 is 2.75 bits per heavy atom. The molecular formula is C22H24N4O2. The van der Waals surface area contributed by atoms with Gasteiger partial charge < -0.3 is 15.3 Å². The van der Waals surface area contributed by atoms with Crippen LogP contribution in [0.25, 0.3) is 22.0 Å². The van der Waals surface area contributed by atoms with Crippen LogP contribution in [-0.4, -0.2) is 40.8 Å². The van der Waals surface area contributed by atoms with Crippen LogP contribution in [0.4, 0.5) is 10.6 Å². The van der Waals surface area contributed by atoms with Gasteiger partial charge in [0.05, 0.1) is 5.69 Å². The molecule has 1 aliphatic rings. The number of piperidine rings is 1. The molecule has 2 aromatic heterocycles. The lowest BCUT2D eigenvalue weighted by atomic mass is 9.93. The first-order chi connectivity index (χ1) is 13.7. The number of pyridine rings is 2. The molecule has 144 valence electrons. The van der Waals surface area contributed by atoms with Gasteiger partial charge in [-0.2, -0.15) is 0 Å². The van der Waals surface area contributed by atoms with Crippen LogP contribution in [0.1, 0.15) is 19.3 Å². The van der Waals surface area contributed by atoms with E-state index >= 15 is 0 Å². The predicted molar refractivity (Wildman–Crippen MR) is 111 cm³/mol. The molecule has 0 aliphatic carbocycles. The maximum absolute atomic E-state index is 10.6. The van der Waals surface area contributed by atoms with E-state index in [4.69, 9.17) is 10.1 Å². The second-order valence-electron chi connectivity index (χ2n) is 7.24. The number of nitrogens with zero attached hydrogens (tertiary/aromatic N) is 3. The van der Waals surface area contributed by atoms with Crippen LogP contribution in [0.3, 0.4) is 0 Å². The topological polar surface area (TPSA) is 78.4 Å². The Bertz CT molecular complexity index is 962. The Balaban J connectivity index is 1.47. The molecule has 2 N–H and O–H groups in total. The van der Waals surface area contributed by atoms with Crippen LogP contribution >= 0.6 is 0 Å². The SMILES string of the molecule is O=C(O)NCCC1CCN(c2cccc(-c3cncc4ccccc34)n2)CC1. The first kappa shape index (κ1) is 18.2. The minimum atomic E-state index is -0.943. The summed E-state index contributed by atoms with van der Waals surface area (Å²) < 4.78 is 0. The summed E-state index contributed by atoms with van der Waals surface area (Å²) in [5.74, 6) is 1.56. The molecule has 3 heterocycles. The third-order valence-electron chi connectivity index (χ3n) is 5.45. The van der Waals surface area contributed by atoms with E-state index in [2.05, 4.69) is 39.5 Å². The van der Waals surface area contributed by atoms with Gasteiger partial charge in [-0.3, -0.25) is 4.98 Å². The molecule has 6 nitrogen and oxygen atoms in total. The lowest BCUT2D eigenvalue weighted by molar-refractivity contribution is 0.193. The van der Waals surface area contributed by atoms with Gasteiger partial charge in [-0.25, -0.2) is 9.78 Å². The van der Waals surface area contributed by atoms with Crippen LogP contribution in [0.5, 0.6) is 0 Å². The van der Waals surface area contributed by atoms with Gasteiger partial charge in [0.2, 0.25) is 0 Å². The maximum atomic E-state index is 10.6. The fraction of sp³-hybridized carbons (Fsp3) is 0.318. The van der Waals surface area contributed by atoms with E-state index in [-0.39, 0.29) is 0 Å². The van der Waals surface area contributed by atoms with Gasteiger partial charge in [-0.15, -0.1) is 0 Å². The van der Waals surface area contributed by atoms with Crippen molar-refractivity contribution in [2.45, 2.75) is 19.3 Å². The van der Waals surface area contributed by atoms with Gasteiger partial charge in [0.1, 0.15) is 5.82 Å². The highest BCUT2D eigenvalue weighted by Crippen LogP contribution is 2.29. The Kier molecular flexibility index (Phi) is 5.37. The van der Waals surface area contributed by atoms with Gasteiger partial charge in [-0.05, 0) is 42.7 Å². The zero-order valence-electron chi connectivity index (χ0n) is 15.7. The summed E-state index contributed by atoms with van der Waals surface area (Å²) in [6.45, 7) is 2.42. The Morgan fingerprint density at radius 2 is 1.93 bits per heavy atom. The Hall–Kier alpha value is -3.15. The second kappa shape index (κ2) is 8.25. The average molecular weight is 376 g/mol.